The number of hydrogen-bond acceptors (Lipinski definition) is 4. The molecule has 0 radical (unpaired) electrons. The van der Waals surface area contributed by atoms with Crippen molar-refractivity contribution in [1.82, 2.24) is 5.32 Å². The lowest BCUT2D eigenvalue weighted by Gasteiger charge is -2.21. The second-order valence-corrected chi connectivity index (χ2v) is 5.57. The number of amidine groups is 1. The number of oxime groups is 1. The van der Waals surface area contributed by atoms with E-state index in [2.05, 4.69) is 23.7 Å². The summed E-state index contributed by atoms with van der Waals surface area (Å²) in [5, 5.41) is 16.0. The quantitative estimate of drug-likeness (QED) is 0.289. The Morgan fingerprint density at radius 3 is 2.88 bits per heavy atom. The molecule has 4 nitrogen and oxygen atoms in total. The molecule has 1 fully saturated rings. The molecule has 3 atom stereocenters. The zero-order valence-electron chi connectivity index (χ0n) is 10.1. The molecule has 1 aliphatic carbocycles. The number of thioether (sulfide) groups is 1. The van der Waals surface area contributed by atoms with E-state index in [0.717, 1.165) is 11.7 Å². The lowest BCUT2D eigenvalue weighted by Crippen LogP contribution is -2.39. The molecule has 1 rings (SSSR count). The average Bonchev–Trinajstić information content (AvgIpc) is 2.75. The van der Waals surface area contributed by atoms with Crippen LogP contribution in [0.5, 0.6) is 0 Å². The van der Waals surface area contributed by atoms with Gasteiger partial charge in [-0.2, -0.15) is 11.8 Å². The number of hydrogen-bond donors (Lipinski definition) is 3. The Hall–Kier alpha value is -0.420. The van der Waals surface area contributed by atoms with Crippen LogP contribution in [0.4, 0.5) is 0 Å². The largest absolute Gasteiger partial charge is 0.409 e. The molecule has 0 spiro atoms. The van der Waals surface area contributed by atoms with Gasteiger partial charge in [-0.05, 0) is 31.9 Å². The molecule has 0 aliphatic heterocycles. The molecule has 0 amide bonds. The van der Waals surface area contributed by atoms with Crippen LogP contribution >= 0.6 is 11.8 Å². The van der Waals surface area contributed by atoms with Crippen LogP contribution in [0.15, 0.2) is 5.16 Å². The van der Waals surface area contributed by atoms with Gasteiger partial charge in [0.25, 0.3) is 0 Å². The molecule has 1 saturated carbocycles. The van der Waals surface area contributed by atoms with Gasteiger partial charge in [-0.15, -0.1) is 0 Å². The number of nitrogens with one attached hydrogen (secondary N) is 1. The molecule has 0 aromatic heterocycles. The van der Waals surface area contributed by atoms with E-state index in [9.17, 15) is 0 Å². The lowest BCUT2D eigenvalue weighted by atomic mass is 10.1. The van der Waals surface area contributed by atoms with Crippen LogP contribution in [-0.4, -0.2) is 34.6 Å². The Labute approximate surface area is 102 Å². The Kier molecular flexibility index (Phi) is 5.98. The summed E-state index contributed by atoms with van der Waals surface area (Å²) in [7, 11) is 0. The fourth-order valence-corrected chi connectivity index (χ4v) is 3.05. The van der Waals surface area contributed by atoms with Crippen LogP contribution in [0.3, 0.4) is 0 Å². The van der Waals surface area contributed by atoms with Crippen molar-refractivity contribution in [3.63, 3.8) is 0 Å². The Bertz CT molecular complexity index is 235. The van der Waals surface area contributed by atoms with Gasteiger partial charge in [-0.25, -0.2) is 0 Å². The molecule has 1 aliphatic rings. The second-order valence-electron chi connectivity index (χ2n) is 4.43. The van der Waals surface area contributed by atoms with Gasteiger partial charge in [-0.3, -0.25) is 0 Å². The van der Waals surface area contributed by atoms with Crippen LogP contribution in [0, 0.1) is 0 Å². The van der Waals surface area contributed by atoms with Crippen molar-refractivity contribution in [2.75, 3.05) is 6.26 Å². The minimum Gasteiger partial charge on any atom is -0.409 e. The number of rotatable bonds is 6. The third-order valence-electron chi connectivity index (χ3n) is 3.27. The molecule has 0 aromatic rings. The molecule has 4 N–H and O–H groups in total. The minimum absolute atomic E-state index is 0.318. The molecular formula is C11H23N3OS. The average molecular weight is 245 g/mol. The fraction of sp³-hybridized carbons (Fsp3) is 0.909. The summed E-state index contributed by atoms with van der Waals surface area (Å²) in [6, 6.07) is 0.940. The van der Waals surface area contributed by atoms with Crippen molar-refractivity contribution in [2.24, 2.45) is 10.9 Å². The molecule has 0 bridgehead atoms. The Morgan fingerprint density at radius 1 is 1.62 bits per heavy atom. The molecule has 5 heteroatoms. The Balaban J connectivity index is 2.33. The van der Waals surface area contributed by atoms with Crippen molar-refractivity contribution in [3.8, 4) is 0 Å². The summed E-state index contributed by atoms with van der Waals surface area (Å²) in [5.74, 6) is 0.318. The Morgan fingerprint density at radius 2 is 2.38 bits per heavy atom. The maximum Gasteiger partial charge on any atom is 0.140 e. The molecule has 0 aromatic carbocycles. The van der Waals surface area contributed by atoms with Crippen LogP contribution in [0.1, 0.15) is 39.0 Å². The normalized spacial score (nSPS) is 28.2. The second kappa shape index (κ2) is 7.01. The van der Waals surface area contributed by atoms with Gasteiger partial charge >= 0.3 is 0 Å². The van der Waals surface area contributed by atoms with Gasteiger partial charge in [0.1, 0.15) is 5.84 Å². The van der Waals surface area contributed by atoms with Gasteiger partial charge in [0, 0.05) is 23.8 Å². The van der Waals surface area contributed by atoms with E-state index in [1.807, 2.05) is 11.8 Å². The van der Waals surface area contributed by atoms with Crippen LogP contribution in [0.2, 0.25) is 0 Å². The predicted molar refractivity (Wildman–Crippen MR) is 70.2 cm³/mol. The van der Waals surface area contributed by atoms with Gasteiger partial charge in [-0.1, -0.05) is 12.1 Å². The first kappa shape index (κ1) is 13.6. The van der Waals surface area contributed by atoms with E-state index in [1.54, 1.807) is 0 Å². The maximum absolute atomic E-state index is 8.55. The third-order valence-corrected chi connectivity index (χ3v) is 4.36. The number of nitrogens with zero attached hydrogens (tertiary/aromatic N) is 1. The van der Waals surface area contributed by atoms with Crippen molar-refractivity contribution in [2.45, 2.75) is 56.4 Å². The maximum atomic E-state index is 8.55. The highest BCUT2D eigenvalue weighted by atomic mass is 32.2. The molecule has 16 heavy (non-hydrogen) atoms. The number of nitrogens with two attached hydrogens (primary N) is 1. The minimum atomic E-state index is 0.318. The van der Waals surface area contributed by atoms with E-state index < -0.39 is 0 Å². The summed E-state index contributed by atoms with van der Waals surface area (Å²) >= 11 is 1.96. The molecule has 0 heterocycles. The van der Waals surface area contributed by atoms with E-state index >= 15 is 0 Å². The van der Waals surface area contributed by atoms with E-state index in [1.165, 1.54) is 19.3 Å². The first-order valence-corrected chi connectivity index (χ1v) is 7.23. The molecule has 3 unspecified atom stereocenters. The highest BCUT2D eigenvalue weighted by Gasteiger charge is 2.25. The summed E-state index contributed by atoms with van der Waals surface area (Å²) in [5.41, 5.74) is 5.53. The van der Waals surface area contributed by atoms with Crippen LogP contribution in [0.25, 0.3) is 0 Å². The van der Waals surface area contributed by atoms with Crippen molar-refractivity contribution in [3.05, 3.63) is 0 Å². The topological polar surface area (TPSA) is 70.6 Å². The molecular weight excluding hydrogens is 222 g/mol. The first-order valence-electron chi connectivity index (χ1n) is 5.94. The molecule has 0 saturated heterocycles. The van der Waals surface area contributed by atoms with E-state index in [0.29, 0.717) is 24.3 Å². The monoisotopic (exact) mass is 245 g/mol. The standard InChI is InChI=1S/C11H23N3OS/c1-3-8(7-11(12)14-15)13-9-4-5-10(6-9)16-2/h8-10,13,15H,3-7H2,1-2H3,(H2,12,14). The zero-order valence-corrected chi connectivity index (χ0v) is 11.0. The highest BCUT2D eigenvalue weighted by Crippen LogP contribution is 2.28. The summed E-state index contributed by atoms with van der Waals surface area (Å²) in [6.45, 7) is 2.13. The van der Waals surface area contributed by atoms with E-state index in [4.69, 9.17) is 10.9 Å². The van der Waals surface area contributed by atoms with Gasteiger partial charge in [0.15, 0.2) is 0 Å². The summed E-state index contributed by atoms with van der Waals surface area (Å²) < 4.78 is 0. The van der Waals surface area contributed by atoms with Gasteiger partial charge in [0.05, 0.1) is 0 Å². The van der Waals surface area contributed by atoms with Crippen molar-refractivity contribution < 1.29 is 5.21 Å². The van der Waals surface area contributed by atoms with Crippen molar-refractivity contribution in [1.29, 1.82) is 0 Å². The fourth-order valence-electron chi connectivity index (χ4n) is 2.25. The van der Waals surface area contributed by atoms with Crippen molar-refractivity contribution >= 4 is 17.6 Å². The zero-order chi connectivity index (χ0) is 12.0. The SMILES string of the molecule is CCC(CC(N)=NO)NC1CCC(SC)C1. The first-order chi connectivity index (χ1) is 7.69. The predicted octanol–water partition coefficient (Wildman–Crippen LogP) is 1.78. The smallest absolute Gasteiger partial charge is 0.140 e. The van der Waals surface area contributed by atoms with Gasteiger partial charge < -0.3 is 16.3 Å². The lowest BCUT2D eigenvalue weighted by molar-refractivity contribution is 0.314. The highest BCUT2D eigenvalue weighted by molar-refractivity contribution is 7.99. The van der Waals surface area contributed by atoms with Crippen LogP contribution in [-0.2, 0) is 0 Å². The van der Waals surface area contributed by atoms with Crippen LogP contribution < -0.4 is 11.1 Å². The van der Waals surface area contributed by atoms with Gasteiger partial charge in [0.2, 0.25) is 0 Å². The third kappa shape index (κ3) is 4.22. The summed E-state index contributed by atoms with van der Waals surface area (Å²) in [4.78, 5) is 0. The summed E-state index contributed by atoms with van der Waals surface area (Å²) in [6.07, 6.45) is 7.62. The van der Waals surface area contributed by atoms with E-state index in [-0.39, 0.29) is 0 Å². The molecule has 94 valence electrons.